The van der Waals surface area contributed by atoms with E-state index in [0.29, 0.717) is 11.1 Å². The Bertz CT molecular complexity index is 930. The minimum Gasteiger partial charge on any atom is -0.404 e. The van der Waals surface area contributed by atoms with E-state index < -0.39 is 10.8 Å². The number of amides is 1. The molecule has 0 fully saturated rings. The van der Waals surface area contributed by atoms with E-state index in [-0.39, 0.29) is 23.2 Å². The van der Waals surface area contributed by atoms with Crippen LogP contribution in [0, 0.1) is 10.1 Å². The highest BCUT2D eigenvalue weighted by atomic mass is 16.6. The van der Waals surface area contributed by atoms with Gasteiger partial charge in [-0.05, 0) is 18.2 Å². The van der Waals surface area contributed by atoms with Crippen LogP contribution >= 0.6 is 0 Å². The zero-order valence-electron chi connectivity index (χ0n) is 12.2. The Labute approximate surface area is 135 Å². The Morgan fingerprint density at radius 1 is 1.21 bits per heavy atom. The Morgan fingerprint density at radius 2 is 1.92 bits per heavy atom. The van der Waals surface area contributed by atoms with Gasteiger partial charge in [0.1, 0.15) is 5.56 Å². The third kappa shape index (κ3) is 3.04. The highest BCUT2D eigenvalue weighted by molar-refractivity contribution is 6.06. The fraction of sp³-hybridized carbons (Fsp3) is 0. The number of oxazole rings is 1. The molecule has 0 atom stereocenters. The monoisotopic (exact) mass is 326 g/mol. The van der Waals surface area contributed by atoms with Crippen LogP contribution in [-0.4, -0.2) is 21.8 Å². The second-order valence-corrected chi connectivity index (χ2v) is 4.75. The van der Waals surface area contributed by atoms with Gasteiger partial charge in [-0.2, -0.15) is 0 Å². The maximum absolute atomic E-state index is 12.1. The van der Waals surface area contributed by atoms with Crippen molar-refractivity contribution in [3.63, 3.8) is 0 Å². The van der Waals surface area contributed by atoms with Gasteiger partial charge in [0.2, 0.25) is 0 Å². The number of aromatic nitrogens is 1. The molecule has 0 bridgehead atoms. The number of fused-ring (bicyclic) bond motifs is 1. The summed E-state index contributed by atoms with van der Waals surface area (Å²) in [6.07, 6.45) is 0. The van der Waals surface area contributed by atoms with Gasteiger partial charge in [0.05, 0.1) is 4.92 Å². The average Bonchev–Trinajstić information content (AvgIpc) is 2.96. The molecule has 1 aromatic heterocycles. The molecule has 3 aromatic rings. The van der Waals surface area contributed by atoms with Gasteiger partial charge >= 0.3 is 17.9 Å². The van der Waals surface area contributed by atoms with E-state index in [1.54, 1.807) is 24.3 Å². The third-order valence-corrected chi connectivity index (χ3v) is 3.13. The molecule has 0 spiro atoms. The van der Waals surface area contributed by atoms with Crippen LogP contribution in [0.1, 0.15) is 10.4 Å². The fourth-order valence-electron chi connectivity index (χ4n) is 2.09. The van der Waals surface area contributed by atoms with Crippen LogP contribution in [0.25, 0.3) is 11.1 Å². The van der Waals surface area contributed by atoms with Gasteiger partial charge in [0.25, 0.3) is 5.69 Å². The van der Waals surface area contributed by atoms with E-state index in [0.717, 1.165) is 0 Å². The minimum atomic E-state index is -0.719. The summed E-state index contributed by atoms with van der Waals surface area (Å²) >= 11 is 0. The molecule has 4 N–H and O–H groups in total. The Balaban J connectivity index is 1.82. The lowest BCUT2D eigenvalue weighted by molar-refractivity contribution is -0.385. The number of nitro groups is 1. The van der Waals surface area contributed by atoms with Crippen molar-refractivity contribution in [3.05, 3.63) is 64.2 Å². The molecule has 24 heavy (non-hydrogen) atoms. The first-order chi connectivity index (χ1) is 11.5. The van der Waals surface area contributed by atoms with Gasteiger partial charge in [-0.3, -0.25) is 14.9 Å². The van der Waals surface area contributed by atoms with E-state index in [1.807, 2.05) is 0 Å². The van der Waals surface area contributed by atoms with Crippen molar-refractivity contribution in [2.75, 3.05) is 0 Å². The van der Waals surface area contributed by atoms with Crippen molar-refractivity contribution in [1.29, 1.82) is 0 Å². The molecule has 1 amide bonds. The summed E-state index contributed by atoms with van der Waals surface area (Å²) in [7, 11) is 0. The van der Waals surface area contributed by atoms with Crippen LogP contribution in [0.4, 0.5) is 11.7 Å². The Kier molecular flexibility index (Phi) is 3.89. The molecule has 1 heterocycles. The highest BCUT2D eigenvalue weighted by Crippen LogP contribution is 2.17. The number of nitrogens with zero attached hydrogens (tertiary/aromatic N) is 2. The van der Waals surface area contributed by atoms with E-state index >= 15 is 0 Å². The van der Waals surface area contributed by atoms with Crippen LogP contribution in [0.3, 0.4) is 0 Å². The number of carbonyl (C=O) groups excluding carboxylic acids is 1. The van der Waals surface area contributed by atoms with Crippen LogP contribution in [0.2, 0.25) is 0 Å². The largest absolute Gasteiger partial charge is 0.406 e. The van der Waals surface area contributed by atoms with Crippen LogP contribution in [0.15, 0.2) is 52.9 Å². The number of carbonyl (C=O) groups is 1. The number of nitrogens with two attached hydrogens (primary N) is 1. The molecule has 2 aromatic carbocycles. The minimum absolute atomic E-state index is 0.0940. The molecule has 0 aliphatic heterocycles. The molecule has 9 heteroatoms. The van der Waals surface area contributed by atoms with Gasteiger partial charge in [0, 0.05) is 6.07 Å². The number of nitrogens with one attached hydrogen (secondary N) is 2. The SMILES string of the molecule is NC(NC(=O)c1ccccc1[N+](=O)[O-])=[NH+]c1nc2ccccc2o1. The highest BCUT2D eigenvalue weighted by Gasteiger charge is 2.22. The summed E-state index contributed by atoms with van der Waals surface area (Å²) in [4.78, 5) is 29.2. The first-order valence-electron chi connectivity index (χ1n) is 6.84. The van der Waals surface area contributed by atoms with E-state index in [1.165, 1.54) is 24.3 Å². The van der Waals surface area contributed by atoms with Crippen LogP contribution in [-0.2, 0) is 0 Å². The average molecular weight is 326 g/mol. The maximum Gasteiger partial charge on any atom is 0.406 e. The third-order valence-electron chi connectivity index (χ3n) is 3.13. The smallest absolute Gasteiger partial charge is 0.404 e. The lowest BCUT2D eigenvalue weighted by atomic mass is 10.1. The van der Waals surface area contributed by atoms with Crippen LogP contribution in [0.5, 0.6) is 0 Å². The van der Waals surface area contributed by atoms with Gasteiger partial charge in [0.15, 0.2) is 11.1 Å². The molecular formula is C15H12N5O4+. The van der Waals surface area contributed by atoms with Gasteiger partial charge in [-0.1, -0.05) is 29.2 Å². The summed E-state index contributed by atoms with van der Waals surface area (Å²) in [5.41, 5.74) is 6.45. The summed E-state index contributed by atoms with van der Waals surface area (Å²) in [5, 5.41) is 13.3. The first-order valence-corrected chi connectivity index (χ1v) is 6.84. The molecule has 0 saturated carbocycles. The maximum atomic E-state index is 12.1. The zero-order chi connectivity index (χ0) is 17.1. The van der Waals surface area contributed by atoms with Crippen molar-refractivity contribution in [2.24, 2.45) is 5.73 Å². The zero-order valence-corrected chi connectivity index (χ0v) is 12.2. The van der Waals surface area contributed by atoms with Crippen molar-refractivity contribution in [2.45, 2.75) is 0 Å². The number of benzene rings is 2. The molecule has 120 valence electrons. The van der Waals surface area contributed by atoms with Crippen molar-refractivity contribution < 1.29 is 19.1 Å². The normalized spacial score (nSPS) is 11.4. The molecule has 0 unspecified atom stereocenters. The number of hydrogen-bond acceptors (Lipinski definition) is 5. The van der Waals surface area contributed by atoms with E-state index in [4.69, 9.17) is 10.2 Å². The number of para-hydroxylation sites is 3. The lowest BCUT2D eigenvalue weighted by Gasteiger charge is -2.00. The predicted octanol–water partition coefficient (Wildman–Crippen LogP) is 0.193. The number of guanidine groups is 1. The van der Waals surface area contributed by atoms with Gasteiger partial charge < -0.3 is 10.2 Å². The molecular weight excluding hydrogens is 314 g/mol. The molecule has 0 saturated heterocycles. The Morgan fingerprint density at radius 3 is 2.67 bits per heavy atom. The molecule has 0 aliphatic rings. The fourth-order valence-corrected chi connectivity index (χ4v) is 2.09. The first kappa shape index (κ1) is 15.2. The standard InChI is InChI=1S/C15H11N5O4/c16-14(19-15-17-10-6-2-4-8-12(10)24-15)18-13(21)9-5-1-3-7-11(9)20(22)23/h1-8H,(H3,16,17,18,19,21)/p+1. The van der Waals surface area contributed by atoms with Crippen molar-refractivity contribution in [1.82, 2.24) is 10.3 Å². The van der Waals surface area contributed by atoms with E-state index in [9.17, 15) is 14.9 Å². The summed E-state index contributed by atoms with van der Waals surface area (Å²) in [5.74, 6) is -0.881. The van der Waals surface area contributed by atoms with E-state index in [2.05, 4.69) is 15.3 Å². The molecule has 3 rings (SSSR count). The number of hydrogen-bond donors (Lipinski definition) is 3. The Hall–Kier alpha value is -3.75. The summed E-state index contributed by atoms with van der Waals surface area (Å²) < 4.78 is 5.41. The molecule has 0 radical (unpaired) electrons. The second kappa shape index (κ2) is 6.16. The summed E-state index contributed by atoms with van der Waals surface area (Å²) in [6.45, 7) is 0. The van der Waals surface area contributed by atoms with Crippen molar-refractivity contribution in [3.8, 4) is 0 Å². The summed E-state index contributed by atoms with van der Waals surface area (Å²) in [6, 6.07) is 12.7. The molecule has 9 nitrogen and oxygen atoms in total. The number of rotatable bonds is 3. The van der Waals surface area contributed by atoms with Crippen LogP contribution < -0.4 is 16.0 Å². The second-order valence-electron chi connectivity index (χ2n) is 4.75. The predicted molar refractivity (Wildman–Crippen MR) is 84.4 cm³/mol. The number of nitro benzene ring substituents is 1. The topological polar surface area (TPSA) is 138 Å². The lowest BCUT2D eigenvalue weighted by Crippen LogP contribution is -2.74. The van der Waals surface area contributed by atoms with Gasteiger partial charge in [-0.25, -0.2) is 10.3 Å². The van der Waals surface area contributed by atoms with Gasteiger partial charge in [-0.15, -0.1) is 0 Å². The quantitative estimate of drug-likeness (QED) is 0.272. The molecule has 0 aliphatic carbocycles. The van der Waals surface area contributed by atoms with Crippen molar-refractivity contribution >= 4 is 34.7 Å².